The van der Waals surface area contributed by atoms with Gasteiger partial charge in [0.15, 0.2) is 15.0 Å². The van der Waals surface area contributed by atoms with Gasteiger partial charge in [-0.1, -0.05) is 62.3 Å². The zero-order valence-corrected chi connectivity index (χ0v) is 19.6. The number of rotatable bonds is 7. The van der Waals surface area contributed by atoms with E-state index in [0.29, 0.717) is 16.7 Å². The molecule has 31 heavy (non-hydrogen) atoms. The highest BCUT2D eigenvalue weighted by Crippen LogP contribution is 2.35. The van der Waals surface area contributed by atoms with Crippen LogP contribution in [0, 0.1) is 0 Å². The van der Waals surface area contributed by atoms with E-state index in [1.807, 2.05) is 48.5 Å². The van der Waals surface area contributed by atoms with Gasteiger partial charge in [0.05, 0.1) is 26.9 Å². The summed E-state index contributed by atoms with van der Waals surface area (Å²) in [5.41, 5.74) is 2.73. The van der Waals surface area contributed by atoms with Gasteiger partial charge < -0.3 is 0 Å². The van der Waals surface area contributed by atoms with Crippen molar-refractivity contribution in [3.8, 4) is 0 Å². The van der Waals surface area contributed by atoms with E-state index in [1.54, 1.807) is 4.90 Å². The van der Waals surface area contributed by atoms with E-state index < -0.39 is 9.84 Å². The molecule has 1 fully saturated rings. The second kappa shape index (κ2) is 9.09. The molecular formula is C24H28N2O3S2. The third-order valence-electron chi connectivity index (χ3n) is 5.95. The number of thiazole rings is 1. The molecule has 0 saturated heterocycles. The Morgan fingerprint density at radius 2 is 1.77 bits per heavy atom. The summed E-state index contributed by atoms with van der Waals surface area (Å²) in [4.78, 5) is 19.6. The van der Waals surface area contributed by atoms with Crippen LogP contribution in [0.25, 0.3) is 10.2 Å². The number of hydrogen-bond acceptors (Lipinski definition) is 5. The Morgan fingerprint density at radius 3 is 2.42 bits per heavy atom. The van der Waals surface area contributed by atoms with E-state index in [2.05, 4.69) is 18.8 Å². The summed E-state index contributed by atoms with van der Waals surface area (Å²) >= 11 is 1.44. The van der Waals surface area contributed by atoms with Crippen LogP contribution < -0.4 is 4.90 Å². The normalized spacial score (nSPS) is 15.1. The lowest BCUT2D eigenvalue weighted by Crippen LogP contribution is -2.30. The Labute approximate surface area is 188 Å². The number of amides is 1. The van der Waals surface area contributed by atoms with Crippen molar-refractivity contribution in [2.75, 3.05) is 10.7 Å². The van der Waals surface area contributed by atoms with Crippen LogP contribution >= 0.6 is 11.3 Å². The monoisotopic (exact) mass is 456 g/mol. The second-order valence-electron chi connectivity index (χ2n) is 8.46. The van der Waals surface area contributed by atoms with Crippen LogP contribution in [0.4, 0.5) is 10.8 Å². The predicted molar refractivity (Wildman–Crippen MR) is 128 cm³/mol. The molecule has 0 N–H and O–H groups in total. The van der Waals surface area contributed by atoms with Gasteiger partial charge in [-0.2, -0.15) is 0 Å². The summed E-state index contributed by atoms with van der Waals surface area (Å²) in [6.07, 6.45) is 3.31. The molecule has 0 bridgehead atoms. The van der Waals surface area contributed by atoms with Gasteiger partial charge in [0, 0.05) is 6.42 Å². The highest BCUT2D eigenvalue weighted by molar-refractivity contribution is 7.92. The maximum Gasteiger partial charge on any atom is 0.234 e. The number of hydrogen-bond donors (Lipinski definition) is 0. The summed E-state index contributed by atoms with van der Waals surface area (Å²) in [6.45, 7) is 4.25. The molecule has 0 aliphatic heterocycles. The molecule has 4 rings (SSSR count). The Kier molecular flexibility index (Phi) is 6.44. The van der Waals surface area contributed by atoms with Crippen LogP contribution in [-0.4, -0.2) is 30.3 Å². The number of sulfone groups is 1. The Balaban J connectivity index is 1.63. The number of benzene rings is 2. The van der Waals surface area contributed by atoms with E-state index in [0.717, 1.165) is 35.9 Å². The number of carbonyl (C=O) groups is 1. The third kappa shape index (κ3) is 4.83. The van der Waals surface area contributed by atoms with E-state index in [1.165, 1.54) is 16.9 Å². The van der Waals surface area contributed by atoms with Crippen LogP contribution in [0.5, 0.6) is 0 Å². The average Bonchev–Trinajstić information content (AvgIpc) is 3.43. The molecule has 0 atom stereocenters. The number of nitrogens with zero attached hydrogens (tertiary/aromatic N) is 2. The Bertz CT molecular complexity index is 1130. The zero-order chi connectivity index (χ0) is 22.0. The molecule has 3 aromatic rings. The molecule has 1 aliphatic rings. The SMILES string of the molecule is CC(C)c1ccc(N(C(=O)CCS(=O)(=O)C2CCCC2)c2nc3ccccc3s2)cc1. The molecular weight excluding hydrogens is 428 g/mol. The van der Waals surface area contributed by atoms with Gasteiger partial charge in [-0.15, -0.1) is 0 Å². The van der Waals surface area contributed by atoms with E-state index in [4.69, 9.17) is 0 Å². The minimum atomic E-state index is -3.26. The Morgan fingerprint density at radius 1 is 1.10 bits per heavy atom. The lowest BCUT2D eigenvalue weighted by atomic mass is 10.0. The van der Waals surface area contributed by atoms with E-state index in [-0.39, 0.29) is 23.3 Å². The van der Waals surface area contributed by atoms with Crippen molar-refractivity contribution in [1.29, 1.82) is 0 Å². The molecule has 5 nitrogen and oxygen atoms in total. The first-order chi connectivity index (χ1) is 14.8. The van der Waals surface area contributed by atoms with Crippen molar-refractivity contribution in [2.45, 2.75) is 57.1 Å². The number of carbonyl (C=O) groups excluding carboxylic acids is 1. The summed E-state index contributed by atoms with van der Waals surface area (Å²) in [5.74, 6) is 0.0391. The quantitative estimate of drug-likeness (QED) is 0.448. The molecule has 0 spiro atoms. The largest absolute Gasteiger partial charge is 0.274 e. The van der Waals surface area contributed by atoms with Crippen molar-refractivity contribution in [1.82, 2.24) is 4.98 Å². The van der Waals surface area contributed by atoms with Gasteiger partial charge in [0.2, 0.25) is 5.91 Å². The average molecular weight is 457 g/mol. The number of fused-ring (bicyclic) bond motifs is 1. The molecule has 1 aliphatic carbocycles. The van der Waals surface area contributed by atoms with Crippen LogP contribution in [0.3, 0.4) is 0 Å². The molecule has 1 amide bonds. The van der Waals surface area contributed by atoms with Crippen molar-refractivity contribution >= 4 is 48.1 Å². The van der Waals surface area contributed by atoms with Gasteiger partial charge in [0.25, 0.3) is 0 Å². The molecule has 1 saturated carbocycles. The first-order valence-corrected chi connectivity index (χ1v) is 13.4. The van der Waals surface area contributed by atoms with Gasteiger partial charge in [-0.25, -0.2) is 13.4 Å². The highest BCUT2D eigenvalue weighted by atomic mass is 32.2. The minimum absolute atomic E-state index is 0.0410. The van der Waals surface area contributed by atoms with Crippen molar-refractivity contribution in [2.24, 2.45) is 0 Å². The fourth-order valence-electron chi connectivity index (χ4n) is 4.08. The predicted octanol–water partition coefficient (Wildman–Crippen LogP) is 5.83. The van der Waals surface area contributed by atoms with Gasteiger partial charge in [-0.05, 0) is 48.6 Å². The lowest BCUT2D eigenvalue weighted by molar-refractivity contribution is -0.117. The molecule has 164 valence electrons. The third-order valence-corrected chi connectivity index (χ3v) is 9.23. The Hall–Kier alpha value is -2.25. The van der Waals surface area contributed by atoms with Crippen LogP contribution in [0.2, 0.25) is 0 Å². The highest BCUT2D eigenvalue weighted by Gasteiger charge is 2.30. The summed E-state index contributed by atoms with van der Waals surface area (Å²) in [5, 5.41) is 0.281. The van der Waals surface area contributed by atoms with Gasteiger partial charge in [-0.3, -0.25) is 9.69 Å². The van der Waals surface area contributed by atoms with Crippen molar-refractivity contribution in [3.05, 3.63) is 54.1 Å². The number of anilines is 2. The summed E-state index contributed by atoms with van der Waals surface area (Å²) in [6, 6.07) is 15.6. The molecule has 2 aromatic carbocycles. The van der Waals surface area contributed by atoms with E-state index in [9.17, 15) is 13.2 Å². The number of para-hydroxylation sites is 1. The fourth-order valence-corrected chi connectivity index (χ4v) is 6.93. The van der Waals surface area contributed by atoms with Crippen molar-refractivity contribution in [3.63, 3.8) is 0 Å². The fraction of sp³-hybridized carbons (Fsp3) is 0.417. The molecule has 1 aromatic heterocycles. The van der Waals surface area contributed by atoms with Gasteiger partial charge >= 0.3 is 0 Å². The van der Waals surface area contributed by atoms with Crippen LogP contribution in [0.15, 0.2) is 48.5 Å². The van der Waals surface area contributed by atoms with Crippen LogP contribution in [-0.2, 0) is 14.6 Å². The minimum Gasteiger partial charge on any atom is -0.274 e. The topological polar surface area (TPSA) is 67.3 Å². The van der Waals surface area contributed by atoms with Crippen LogP contribution in [0.1, 0.15) is 57.4 Å². The second-order valence-corrected chi connectivity index (χ2v) is 11.9. The smallest absolute Gasteiger partial charge is 0.234 e. The van der Waals surface area contributed by atoms with E-state index >= 15 is 0 Å². The maximum absolute atomic E-state index is 13.3. The van der Waals surface area contributed by atoms with Gasteiger partial charge in [0.1, 0.15) is 0 Å². The summed E-state index contributed by atoms with van der Waals surface area (Å²) in [7, 11) is -3.26. The lowest BCUT2D eigenvalue weighted by Gasteiger charge is -2.21. The zero-order valence-electron chi connectivity index (χ0n) is 18.0. The summed E-state index contributed by atoms with van der Waals surface area (Å²) < 4.78 is 26.4. The molecule has 0 radical (unpaired) electrons. The molecule has 7 heteroatoms. The van der Waals surface area contributed by atoms with Crippen molar-refractivity contribution < 1.29 is 13.2 Å². The number of aromatic nitrogens is 1. The standard InChI is InChI=1S/C24H28N2O3S2/c1-17(2)18-11-13-19(14-12-18)26(24-25-21-9-5-6-10-22(21)30-24)23(27)15-16-31(28,29)20-7-3-4-8-20/h5-6,9-14,17,20H,3-4,7-8,15-16H2,1-2H3. The first kappa shape index (κ1) is 22.0. The molecule has 0 unspecified atom stereocenters. The first-order valence-electron chi connectivity index (χ1n) is 10.9. The molecule has 1 heterocycles. The maximum atomic E-state index is 13.3.